The summed E-state index contributed by atoms with van der Waals surface area (Å²) in [6, 6.07) is 15.3. The Hall–Kier alpha value is -2.53. The maximum absolute atomic E-state index is 13.0. The zero-order chi connectivity index (χ0) is 23.2. The van der Waals surface area contributed by atoms with Crippen LogP contribution in [0.15, 0.2) is 42.5 Å². The van der Waals surface area contributed by atoms with Crippen molar-refractivity contribution in [1.82, 2.24) is 10.2 Å². The minimum absolute atomic E-state index is 0.0204. The number of carbonyl (C=O) groups is 1. The zero-order valence-corrected chi connectivity index (χ0v) is 20.4. The highest BCUT2D eigenvalue weighted by atomic mass is 16.6. The first kappa shape index (κ1) is 22.3. The standard InChI is InChI=1S/C28H37N3O2/c1-28(2)13-10-22-16-21(20-6-5-7-23(17-20)30(3)4)8-9-24(22)26(28)29-27(32)33-25-18-31-14-11-19(25)12-15-31/h5-9,16-17,19,25-26H,10-15,18H2,1-4H3,(H,29,32)/t25-,26?/m1/s1. The van der Waals surface area contributed by atoms with Crippen LogP contribution >= 0.6 is 0 Å². The third-order valence-electron chi connectivity index (χ3n) is 8.09. The monoisotopic (exact) mass is 447 g/mol. The summed E-state index contributed by atoms with van der Waals surface area (Å²) in [7, 11) is 4.14. The second-order valence-corrected chi connectivity index (χ2v) is 11.0. The van der Waals surface area contributed by atoms with Crippen molar-refractivity contribution in [1.29, 1.82) is 0 Å². The van der Waals surface area contributed by atoms with E-state index in [1.807, 2.05) is 0 Å². The van der Waals surface area contributed by atoms with Crippen molar-refractivity contribution in [3.05, 3.63) is 53.6 Å². The van der Waals surface area contributed by atoms with Gasteiger partial charge in [-0.25, -0.2) is 4.79 Å². The smallest absolute Gasteiger partial charge is 0.407 e. The fraction of sp³-hybridized carbons (Fsp3) is 0.536. The molecule has 1 N–H and O–H groups in total. The molecule has 6 rings (SSSR count). The van der Waals surface area contributed by atoms with E-state index in [-0.39, 0.29) is 23.7 Å². The average Bonchev–Trinajstić information content (AvgIpc) is 2.81. The molecule has 0 spiro atoms. The van der Waals surface area contributed by atoms with E-state index in [1.165, 1.54) is 27.9 Å². The summed E-state index contributed by atoms with van der Waals surface area (Å²) < 4.78 is 5.97. The molecule has 2 bridgehead atoms. The number of nitrogens with one attached hydrogen (secondary N) is 1. The number of carbonyl (C=O) groups excluding carboxylic acids is 1. The van der Waals surface area contributed by atoms with Gasteiger partial charge in [0.05, 0.1) is 6.04 Å². The van der Waals surface area contributed by atoms with Gasteiger partial charge < -0.3 is 15.0 Å². The normalized spacial score (nSPS) is 27.5. The summed E-state index contributed by atoms with van der Waals surface area (Å²) in [4.78, 5) is 17.5. The number of aryl methyl sites for hydroxylation is 1. The number of hydrogen-bond donors (Lipinski definition) is 1. The number of nitrogens with zero attached hydrogens (tertiary/aromatic N) is 2. The fourth-order valence-corrected chi connectivity index (χ4v) is 5.88. The van der Waals surface area contributed by atoms with Crippen LogP contribution in [-0.4, -0.2) is 50.8 Å². The van der Waals surface area contributed by atoms with E-state index in [0.29, 0.717) is 5.92 Å². The number of fused-ring (bicyclic) bond motifs is 4. The van der Waals surface area contributed by atoms with Gasteiger partial charge >= 0.3 is 6.09 Å². The maximum Gasteiger partial charge on any atom is 0.407 e. The molecule has 1 amide bonds. The summed E-state index contributed by atoms with van der Waals surface area (Å²) in [6.45, 7) is 7.69. The molecule has 33 heavy (non-hydrogen) atoms. The van der Waals surface area contributed by atoms with Crippen LogP contribution in [0, 0.1) is 11.3 Å². The van der Waals surface area contributed by atoms with E-state index in [9.17, 15) is 4.79 Å². The number of amides is 1. The van der Waals surface area contributed by atoms with E-state index in [2.05, 4.69) is 85.5 Å². The second kappa shape index (κ2) is 8.68. The van der Waals surface area contributed by atoms with Crippen molar-refractivity contribution in [2.75, 3.05) is 38.6 Å². The third kappa shape index (κ3) is 4.48. The van der Waals surface area contributed by atoms with Gasteiger partial charge in [0.15, 0.2) is 0 Å². The molecule has 3 heterocycles. The van der Waals surface area contributed by atoms with E-state index in [0.717, 1.165) is 45.3 Å². The summed E-state index contributed by atoms with van der Waals surface area (Å²) >= 11 is 0. The number of benzene rings is 2. The van der Waals surface area contributed by atoms with Gasteiger partial charge in [0.2, 0.25) is 0 Å². The number of anilines is 1. The SMILES string of the molecule is CN(C)c1cccc(-c2ccc3c(c2)CCC(C)(C)C3NC(=O)O[C@@H]2CN3CCC2CC3)c1. The highest BCUT2D eigenvalue weighted by Gasteiger charge is 2.40. The highest BCUT2D eigenvalue weighted by molar-refractivity contribution is 5.71. The van der Waals surface area contributed by atoms with Crippen LogP contribution in [0.3, 0.4) is 0 Å². The Bertz CT molecular complexity index is 1020. The molecule has 3 saturated heterocycles. The van der Waals surface area contributed by atoms with E-state index in [4.69, 9.17) is 4.74 Å². The van der Waals surface area contributed by atoms with Crippen molar-refractivity contribution < 1.29 is 9.53 Å². The largest absolute Gasteiger partial charge is 0.445 e. The molecule has 1 unspecified atom stereocenters. The first-order valence-electron chi connectivity index (χ1n) is 12.4. The van der Waals surface area contributed by atoms with Gasteiger partial charge in [0.25, 0.3) is 0 Å². The number of piperidine rings is 3. The molecule has 5 heteroatoms. The lowest BCUT2D eigenvalue weighted by molar-refractivity contribution is -0.0353. The number of hydrogen-bond acceptors (Lipinski definition) is 4. The minimum atomic E-state index is -0.262. The van der Waals surface area contributed by atoms with Crippen LogP contribution in [0.2, 0.25) is 0 Å². The quantitative estimate of drug-likeness (QED) is 0.695. The molecular weight excluding hydrogens is 410 g/mol. The van der Waals surface area contributed by atoms with Crippen LogP contribution in [-0.2, 0) is 11.2 Å². The van der Waals surface area contributed by atoms with Gasteiger partial charge in [0.1, 0.15) is 6.10 Å². The molecule has 3 aliphatic heterocycles. The van der Waals surface area contributed by atoms with Crippen LogP contribution < -0.4 is 10.2 Å². The predicted octanol–water partition coefficient (Wildman–Crippen LogP) is 5.25. The Kier molecular flexibility index (Phi) is 5.86. The third-order valence-corrected chi connectivity index (χ3v) is 8.09. The van der Waals surface area contributed by atoms with Gasteiger partial charge in [-0.1, -0.05) is 44.2 Å². The van der Waals surface area contributed by atoms with Crippen molar-refractivity contribution in [2.45, 2.75) is 51.7 Å². The molecule has 0 aromatic heterocycles. The molecule has 3 fully saturated rings. The molecule has 0 saturated carbocycles. The van der Waals surface area contributed by atoms with Crippen LogP contribution in [0.4, 0.5) is 10.5 Å². The van der Waals surface area contributed by atoms with E-state index < -0.39 is 0 Å². The maximum atomic E-state index is 13.0. The second-order valence-electron chi connectivity index (χ2n) is 11.0. The molecule has 5 nitrogen and oxygen atoms in total. The summed E-state index contributed by atoms with van der Waals surface area (Å²) in [5, 5.41) is 3.27. The molecule has 176 valence electrons. The Balaban J connectivity index is 1.35. The van der Waals surface area contributed by atoms with Crippen LogP contribution in [0.25, 0.3) is 11.1 Å². The lowest BCUT2D eigenvalue weighted by atomic mass is 9.70. The number of rotatable bonds is 4. The minimum Gasteiger partial charge on any atom is -0.445 e. The van der Waals surface area contributed by atoms with E-state index in [1.54, 1.807) is 0 Å². The molecular formula is C28H37N3O2. The number of alkyl carbamates (subject to hydrolysis) is 1. The Labute approximate surface area is 198 Å². The van der Waals surface area contributed by atoms with Gasteiger partial charge in [-0.2, -0.15) is 0 Å². The van der Waals surface area contributed by atoms with Gasteiger partial charge in [-0.05, 0) is 84.5 Å². The lowest BCUT2D eigenvalue weighted by Crippen LogP contribution is -2.53. The molecule has 2 aromatic rings. The molecule has 2 aromatic carbocycles. The molecule has 2 atom stereocenters. The van der Waals surface area contributed by atoms with Gasteiger partial charge in [-0.15, -0.1) is 0 Å². The molecule has 4 aliphatic rings. The average molecular weight is 448 g/mol. The van der Waals surface area contributed by atoms with E-state index >= 15 is 0 Å². The Morgan fingerprint density at radius 3 is 2.55 bits per heavy atom. The fourth-order valence-electron chi connectivity index (χ4n) is 5.88. The van der Waals surface area contributed by atoms with Crippen molar-refractivity contribution in [3.63, 3.8) is 0 Å². The molecule has 0 radical (unpaired) electrons. The van der Waals surface area contributed by atoms with Crippen LogP contribution in [0.5, 0.6) is 0 Å². The summed E-state index contributed by atoms with van der Waals surface area (Å²) in [5.74, 6) is 0.521. The Morgan fingerprint density at radius 1 is 1.09 bits per heavy atom. The van der Waals surface area contributed by atoms with Crippen molar-refractivity contribution >= 4 is 11.8 Å². The van der Waals surface area contributed by atoms with Gasteiger partial charge in [-0.3, -0.25) is 4.90 Å². The van der Waals surface area contributed by atoms with Gasteiger partial charge in [0, 0.05) is 26.3 Å². The first-order chi connectivity index (χ1) is 15.8. The zero-order valence-electron chi connectivity index (χ0n) is 20.4. The Morgan fingerprint density at radius 2 is 1.85 bits per heavy atom. The lowest BCUT2D eigenvalue weighted by Gasteiger charge is -2.44. The predicted molar refractivity (Wildman–Crippen MR) is 134 cm³/mol. The van der Waals surface area contributed by atoms with Crippen LogP contribution in [0.1, 0.15) is 50.3 Å². The summed E-state index contributed by atoms with van der Waals surface area (Å²) in [5.41, 5.74) is 6.18. The number of ether oxygens (including phenoxy) is 1. The highest BCUT2D eigenvalue weighted by Crippen LogP contribution is 2.44. The van der Waals surface area contributed by atoms with Crippen molar-refractivity contribution in [3.8, 4) is 11.1 Å². The topological polar surface area (TPSA) is 44.8 Å². The van der Waals surface area contributed by atoms with Crippen molar-refractivity contribution in [2.24, 2.45) is 11.3 Å². The summed E-state index contributed by atoms with van der Waals surface area (Å²) in [6.07, 6.45) is 4.12. The molecule has 1 aliphatic carbocycles. The first-order valence-corrected chi connectivity index (χ1v) is 12.4.